The number of benzene rings is 1. The molecule has 2 N–H and O–H groups in total. The van der Waals surface area contributed by atoms with Crippen molar-refractivity contribution < 1.29 is 9.32 Å². The molecular formula is C15H13ClN4O2S. The van der Waals surface area contributed by atoms with E-state index in [0.29, 0.717) is 35.4 Å². The summed E-state index contributed by atoms with van der Waals surface area (Å²) in [6.07, 6.45) is 0.460. The van der Waals surface area contributed by atoms with Crippen LogP contribution >= 0.6 is 22.9 Å². The number of anilines is 1. The number of rotatable bonds is 5. The fraction of sp³-hybridized carbons (Fsp3) is 0.133. The molecule has 8 heteroatoms. The standard InChI is InChI=1S/C15H13ClN4O2S/c16-10-3-1-4-11(9-10)18-15(21)17-7-6-13-19-14(20-22-13)12-5-2-8-23-12/h1-5,8-9H,6-7H2,(H2,17,18,21). The van der Waals surface area contributed by atoms with Crippen LogP contribution in [0.5, 0.6) is 0 Å². The molecule has 3 rings (SSSR count). The van der Waals surface area contributed by atoms with Gasteiger partial charge >= 0.3 is 6.03 Å². The Morgan fingerprint density at radius 2 is 2.22 bits per heavy atom. The highest BCUT2D eigenvalue weighted by Crippen LogP contribution is 2.21. The maximum absolute atomic E-state index is 11.8. The van der Waals surface area contributed by atoms with Crippen LogP contribution in [-0.2, 0) is 6.42 Å². The van der Waals surface area contributed by atoms with Crippen LogP contribution in [0.25, 0.3) is 10.7 Å². The van der Waals surface area contributed by atoms with E-state index >= 15 is 0 Å². The summed E-state index contributed by atoms with van der Waals surface area (Å²) in [5.74, 6) is 1.05. The molecule has 0 aliphatic rings. The van der Waals surface area contributed by atoms with E-state index in [0.717, 1.165) is 4.88 Å². The van der Waals surface area contributed by atoms with Gasteiger partial charge in [0.2, 0.25) is 11.7 Å². The number of nitrogens with zero attached hydrogens (tertiary/aromatic N) is 2. The summed E-state index contributed by atoms with van der Waals surface area (Å²) < 4.78 is 5.16. The fourth-order valence-electron chi connectivity index (χ4n) is 1.89. The monoisotopic (exact) mass is 348 g/mol. The first-order chi connectivity index (χ1) is 11.2. The second-order valence-corrected chi connectivity index (χ2v) is 6.01. The van der Waals surface area contributed by atoms with Gasteiger partial charge in [0.1, 0.15) is 0 Å². The number of halogens is 1. The van der Waals surface area contributed by atoms with Gasteiger partial charge in [-0.2, -0.15) is 4.98 Å². The molecule has 23 heavy (non-hydrogen) atoms. The van der Waals surface area contributed by atoms with Gasteiger partial charge in [0.05, 0.1) is 4.88 Å². The highest BCUT2D eigenvalue weighted by atomic mass is 35.5. The van der Waals surface area contributed by atoms with E-state index in [9.17, 15) is 4.79 Å². The van der Waals surface area contributed by atoms with Crippen LogP contribution in [0.3, 0.4) is 0 Å². The number of thiophene rings is 1. The van der Waals surface area contributed by atoms with Crippen LogP contribution in [0.2, 0.25) is 5.02 Å². The summed E-state index contributed by atoms with van der Waals surface area (Å²) in [5.41, 5.74) is 0.632. The van der Waals surface area contributed by atoms with Crippen molar-refractivity contribution in [3.63, 3.8) is 0 Å². The number of carbonyl (C=O) groups is 1. The first-order valence-corrected chi connectivity index (χ1v) is 8.13. The maximum atomic E-state index is 11.8. The van der Waals surface area contributed by atoms with E-state index in [1.165, 1.54) is 0 Å². The average Bonchev–Trinajstić information content (AvgIpc) is 3.18. The van der Waals surface area contributed by atoms with Crippen LogP contribution in [0.1, 0.15) is 5.89 Å². The lowest BCUT2D eigenvalue weighted by molar-refractivity contribution is 0.252. The predicted octanol–water partition coefficient (Wildman–Crippen LogP) is 3.82. The molecule has 0 atom stereocenters. The van der Waals surface area contributed by atoms with E-state index in [1.54, 1.807) is 35.6 Å². The molecule has 0 unspecified atom stereocenters. The summed E-state index contributed by atoms with van der Waals surface area (Å²) >= 11 is 7.40. The van der Waals surface area contributed by atoms with Gasteiger partial charge in [-0.1, -0.05) is 28.9 Å². The van der Waals surface area contributed by atoms with E-state index < -0.39 is 0 Å². The van der Waals surface area contributed by atoms with Crippen LogP contribution in [0.4, 0.5) is 10.5 Å². The second-order valence-electron chi connectivity index (χ2n) is 4.63. The predicted molar refractivity (Wildman–Crippen MR) is 89.8 cm³/mol. The lowest BCUT2D eigenvalue weighted by atomic mass is 10.3. The molecule has 2 heterocycles. The van der Waals surface area contributed by atoms with Gasteiger partial charge in [-0.15, -0.1) is 11.3 Å². The van der Waals surface area contributed by atoms with Gasteiger partial charge in [-0.25, -0.2) is 4.79 Å². The molecule has 0 bridgehead atoms. The molecule has 2 aromatic heterocycles. The minimum atomic E-state index is -0.315. The third kappa shape index (κ3) is 4.30. The molecule has 0 aliphatic heterocycles. The Morgan fingerprint density at radius 1 is 1.30 bits per heavy atom. The van der Waals surface area contributed by atoms with Crippen molar-refractivity contribution in [2.45, 2.75) is 6.42 Å². The molecule has 0 aliphatic carbocycles. The number of carbonyl (C=O) groups excluding carboxylic acids is 1. The van der Waals surface area contributed by atoms with Gasteiger partial charge in [0.25, 0.3) is 0 Å². The van der Waals surface area contributed by atoms with E-state index in [1.807, 2.05) is 17.5 Å². The Balaban J connectivity index is 1.47. The lowest BCUT2D eigenvalue weighted by Crippen LogP contribution is -2.30. The van der Waals surface area contributed by atoms with E-state index in [-0.39, 0.29) is 6.03 Å². The Labute approximate surface area is 141 Å². The number of hydrogen-bond acceptors (Lipinski definition) is 5. The van der Waals surface area contributed by atoms with Crippen molar-refractivity contribution in [2.24, 2.45) is 0 Å². The summed E-state index contributed by atoms with van der Waals surface area (Å²) in [6, 6.07) is 10.5. The largest absolute Gasteiger partial charge is 0.339 e. The van der Waals surface area contributed by atoms with Crippen molar-refractivity contribution in [3.05, 3.63) is 52.7 Å². The molecule has 118 valence electrons. The number of amides is 2. The molecule has 0 saturated carbocycles. The van der Waals surface area contributed by atoms with Crippen LogP contribution in [-0.4, -0.2) is 22.7 Å². The number of hydrogen-bond donors (Lipinski definition) is 2. The number of aromatic nitrogens is 2. The zero-order chi connectivity index (χ0) is 16.1. The summed E-state index contributed by atoms with van der Waals surface area (Å²) in [4.78, 5) is 17.0. The van der Waals surface area contributed by atoms with Crippen LogP contribution in [0, 0.1) is 0 Å². The Bertz CT molecular complexity index is 788. The average molecular weight is 349 g/mol. The van der Waals surface area contributed by atoms with Crippen molar-refractivity contribution in [2.75, 3.05) is 11.9 Å². The topological polar surface area (TPSA) is 80.1 Å². The van der Waals surface area contributed by atoms with Crippen LogP contribution in [0.15, 0.2) is 46.3 Å². The lowest BCUT2D eigenvalue weighted by Gasteiger charge is -2.06. The normalized spacial score (nSPS) is 10.5. The third-order valence-electron chi connectivity index (χ3n) is 2.92. The number of nitrogens with one attached hydrogen (secondary N) is 2. The van der Waals surface area contributed by atoms with Crippen molar-refractivity contribution >= 4 is 34.7 Å². The highest BCUT2D eigenvalue weighted by Gasteiger charge is 2.09. The fourth-order valence-corrected chi connectivity index (χ4v) is 2.73. The van der Waals surface area contributed by atoms with Gasteiger partial charge in [0, 0.05) is 23.7 Å². The van der Waals surface area contributed by atoms with E-state index in [4.69, 9.17) is 16.1 Å². The zero-order valence-corrected chi connectivity index (χ0v) is 13.5. The Hall–Kier alpha value is -2.38. The van der Waals surface area contributed by atoms with Crippen molar-refractivity contribution in [3.8, 4) is 10.7 Å². The first kappa shape index (κ1) is 15.5. The molecule has 3 aromatic rings. The smallest absolute Gasteiger partial charge is 0.319 e. The van der Waals surface area contributed by atoms with E-state index in [2.05, 4.69) is 20.8 Å². The zero-order valence-electron chi connectivity index (χ0n) is 12.0. The van der Waals surface area contributed by atoms with Gasteiger partial charge < -0.3 is 15.2 Å². The van der Waals surface area contributed by atoms with Gasteiger partial charge in [0.15, 0.2) is 0 Å². The molecular weight excluding hydrogens is 336 g/mol. The Morgan fingerprint density at radius 3 is 3.00 bits per heavy atom. The maximum Gasteiger partial charge on any atom is 0.319 e. The summed E-state index contributed by atoms with van der Waals surface area (Å²) in [5, 5.41) is 11.9. The van der Waals surface area contributed by atoms with Crippen LogP contribution < -0.4 is 10.6 Å². The summed E-state index contributed by atoms with van der Waals surface area (Å²) in [6.45, 7) is 0.387. The third-order valence-corrected chi connectivity index (χ3v) is 4.02. The molecule has 0 radical (unpaired) electrons. The van der Waals surface area contributed by atoms with Gasteiger partial charge in [-0.05, 0) is 29.6 Å². The molecule has 6 nitrogen and oxygen atoms in total. The van der Waals surface area contributed by atoms with Gasteiger partial charge in [-0.3, -0.25) is 0 Å². The minimum absolute atomic E-state index is 0.315. The highest BCUT2D eigenvalue weighted by molar-refractivity contribution is 7.13. The minimum Gasteiger partial charge on any atom is -0.339 e. The quantitative estimate of drug-likeness (QED) is 0.734. The Kier molecular flexibility index (Phi) is 4.89. The summed E-state index contributed by atoms with van der Waals surface area (Å²) in [7, 11) is 0. The first-order valence-electron chi connectivity index (χ1n) is 6.87. The molecule has 1 aromatic carbocycles. The molecule has 0 saturated heterocycles. The molecule has 0 spiro atoms. The molecule has 0 fully saturated rings. The second kappa shape index (κ2) is 7.26. The molecule has 2 amide bonds. The SMILES string of the molecule is O=C(NCCc1nc(-c2cccs2)no1)Nc1cccc(Cl)c1. The van der Waals surface area contributed by atoms with Crippen molar-refractivity contribution in [1.29, 1.82) is 0 Å². The number of urea groups is 1. The van der Waals surface area contributed by atoms with Crippen molar-refractivity contribution in [1.82, 2.24) is 15.5 Å².